The average molecular weight is 262 g/mol. The molecule has 0 aromatic carbocycles. The summed E-state index contributed by atoms with van der Waals surface area (Å²) in [5, 5.41) is 7.57. The van der Waals surface area contributed by atoms with Gasteiger partial charge < -0.3 is 5.11 Å². The van der Waals surface area contributed by atoms with E-state index in [0.717, 1.165) is 20.0 Å². The van der Waals surface area contributed by atoms with Crippen molar-refractivity contribution in [1.82, 2.24) is 0 Å². The van der Waals surface area contributed by atoms with Crippen LogP contribution in [0.3, 0.4) is 0 Å². The molecule has 0 aromatic heterocycles. The molecule has 5 heavy (non-hydrogen) atoms. The second-order valence-corrected chi connectivity index (χ2v) is 0.316. The summed E-state index contributed by atoms with van der Waals surface area (Å²) in [5.41, 5.74) is 0. The van der Waals surface area contributed by atoms with Crippen LogP contribution >= 0.6 is 9.19 Å². The van der Waals surface area contributed by atoms with E-state index >= 15 is 0 Å². The molecule has 0 aliphatic rings. The van der Waals surface area contributed by atoms with Crippen LogP contribution in [0.15, 0.2) is 0 Å². The molecule has 1 N–H and O–H groups in total. The van der Waals surface area contributed by atoms with Gasteiger partial charge in [0.25, 0.3) is 0 Å². The molecule has 0 spiro atoms. The van der Waals surface area contributed by atoms with Gasteiger partial charge >= 0.3 is 29.2 Å². The Balaban J connectivity index is 0. The number of rotatable bonds is 0. The molecule has 0 rings (SSSR count). The molecule has 32 valence electrons. The molecule has 0 saturated heterocycles. The summed E-state index contributed by atoms with van der Waals surface area (Å²) in [6.45, 7) is 1.93. The first-order chi connectivity index (χ1) is 2.41. The molecular weight excluding hydrogens is 256 g/mol. The Labute approximate surface area is 48.1 Å². The summed E-state index contributed by atoms with van der Waals surface area (Å²) in [6, 6.07) is 0. The van der Waals surface area contributed by atoms with Crippen LogP contribution in [0.5, 0.6) is 0 Å². The minimum absolute atomic E-state index is 0.250. The first-order valence-corrected chi connectivity index (χ1v) is 5.17. The van der Waals surface area contributed by atoms with Gasteiger partial charge in [0.1, 0.15) is 0 Å². The predicted octanol–water partition coefficient (Wildman–Crippen LogP) is 0.686. The van der Waals surface area contributed by atoms with Crippen LogP contribution in [0.1, 0.15) is 6.92 Å². The molecule has 0 aliphatic heterocycles. The Bertz CT molecular complexity index is 9.61. The molecular formula is C2H6ClOTa. The predicted molar refractivity (Wildman–Crippen MR) is 18.6 cm³/mol. The fourth-order valence-corrected chi connectivity index (χ4v) is 0. The molecule has 0 amide bonds. The van der Waals surface area contributed by atoms with Crippen LogP contribution in [0.2, 0.25) is 0 Å². The summed E-state index contributed by atoms with van der Waals surface area (Å²) in [5.74, 6) is 0. The third-order valence-corrected chi connectivity index (χ3v) is 0. The quantitative estimate of drug-likeness (QED) is 0.681. The van der Waals surface area contributed by atoms with Crippen LogP contribution in [-0.4, -0.2) is 11.7 Å². The molecule has 0 bridgehead atoms. The molecule has 0 unspecified atom stereocenters. The van der Waals surface area contributed by atoms with Gasteiger partial charge in [-0.15, -0.1) is 0 Å². The van der Waals surface area contributed by atoms with E-state index in [2.05, 4.69) is 0 Å². The Morgan fingerprint density at radius 2 is 1.80 bits per heavy atom. The summed E-state index contributed by atoms with van der Waals surface area (Å²) < 4.78 is 0. The van der Waals surface area contributed by atoms with Crippen LogP contribution in [0.25, 0.3) is 0 Å². The summed E-state index contributed by atoms with van der Waals surface area (Å²) >= 11 is 0.917. The standard InChI is InChI=1S/C2H6O.ClH.Ta/c1-2-3;;/h3H,2H2,1H3;1H;/q;;+1/p-1. The van der Waals surface area contributed by atoms with Gasteiger partial charge in [0, 0.05) is 6.61 Å². The zero-order valence-corrected chi connectivity index (χ0v) is 6.95. The SMILES string of the molecule is CCO.[Cl][Ta]. The van der Waals surface area contributed by atoms with E-state index < -0.39 is 0 Å². The van der Waals surface area contributed by atoms with E-state index in [9.17, 15) is 0 Å². The van der Waals surface area contributed by atoms with Crippen molar-refractivity contribution in [2.24, 2.45) is 0 Å². The number of hydrogen-bond acceptors (Lipinski definition) is 1. The van der Waals surface area contributed by atoms with Crippen LogP contribution < -0.4 is 0 Å². The molecule has 0 heterocycles. The van der Waals surface area contributed by atoms with Gasteiger partial charge in [-0.05, 0) is 6.92 Å². The van der Waals surface area contributed by atoms with Crippen molar-refractivity contribution < 1.29 is 25.1 Å². The fourth-order valence-electron chi connectivity index (χ4n) is 0. The molecule has 3 heteroatoms. The van der Waals surface area contributed by atoms with E-state index in [-0.39, 0.29) is 6.61 Å². The normalized spacial score (nSPS) is 4.60. The maximum absolute atomic E-state index is 7.57. The first-order valence-electron chi connectivity index (χ1n) is 1.19. The van der Waals surface area contributed by atoms with Crippen molar-refractivity contribution in [1.29, 1.82) is 0 Å². The van der Waals surface area contributed by atoms with Crippen LogP contribution in [-0.2, 0) is 20.0 Å². The Morgan fingerprint density at radius 3 is 1.80 bits per heavy atom. The number of aliphatic hydroxyl groups is 1. The number of aliphatic hydroxyl groups excluding tert-OH is 1. The van der Waals surface area contributed by atoms with Gasteiger partial charge in [-0.3, -0.25) is 0 Å². The number of halogens is 1. The Hall–Kier alpha value is 0.990. The average Bonchev–Trinajstić information content (AvgIpc) is 1.46. The third kappa shape index (κ3) is 45.5. The van der Waals surface area contributed by atoms with Crippen LogP contribution in [0, 0.1) is 0 Å². The van der Waals surface area contributed by atoms with Gasteiger partial charge in [-0.1, -0.05) is 0 Å². The second kappa shape index (κ2) is 20.1. The van der Waals surface area contributed by atoms with Crippen molar-refractivity contribution in [3.63, 3.8) is 0 Å². The van der Waals surface area contributed by atoms with Gasteiger partial charge in [-0.2, -0.15) is 0 Å². The van der Waals surface area contributed by atoms with E-state index in [4.69, 9.17) is 14.3 Å². The van der Waals surface area contributed by atoms with E-state index in [1.165, 1.54) is 0 Å². The topological polar surface area (TPSA) is 20.2 Å². The summed E-state index contributed by atoms with van der Waals surface area (Å²) in [7, 11) is 4.75. The van der Waals surface area contributed by atoms with Gasteiger partial charge in [-0.25, -0.2) is 0 Å². The molecule has 0 atom stereocenters. The van der Waals surface area contributed by atoms with Crippen LogP contribution in [0.4, 0.5) is 0 Å². The summed E-state index contributed by atoms with van der Waals surface area (Å²) in [6.07, 6.45) is 0. The van der Waals surface area contributed by atoms with E-state index in [1.807, 2.05) is 0 Å². The number of hydrogen-bond donors (Lipinski definition) is 1. The van der Waals surface area contributed by atoms with Crippen molar-refractivity contribution in [2.75, 3.05) is 6.61 Å². The van der Waals surface area contributed by atoms with Crippen molar-refractivity contribution in [2.45, 2.75) is 6.92 Å². The van der Waals surface area contributed by atoms with Crippen molar-refractivity contribution in [3.05, 3.63) is 0 Å². The second-order valence-electron chi connectivity index (χ2n) is 0.316. The molecule has 0 aliphatic carbocycles. The fraction of sp³-hybridized carbons (Fsp3) is 1.00. The Kier molecular flexibility index (Phi) is 37.6. The minimum atomic E-state index is 0.250. The molecule has 0 saturated carbocycles. The monoisotopic (exact) mass is 262 g/mol. The van der Waals surface area contributed by atoms with Crippen molar-refractivity contribution in [3.8, 4) is 0 Å². The van der Waals surface area contributed by atoms with Gasteiger partial charge in [0.05, 0.1) is 0 Å². The molecule has 0 aromatic rings. The summed E-state index contributed by atoms with van der Waals surface area (Å²) in [4.78, 5) is 0. The molecule has 0 radical (unpaired) electrons. The molecule has 1 nitrogen and oxygen atoms in total. The van der Waals surface area contributed by atoms with Crippen molar-refractivity contribution >= 4 is 9.19 Å². The van der Waals surface area contributed by atoms with E-state index in [1.54, 1.807) is 6.92 Å². The zero-order valence-electron chi connectivity index (χ0n) is 2.98. The maximum atomic E-state index is 7.57. The molecule has 0 fully saturated rings. The third-order valence-electron chi connectivity index (χ3n) is 0. The Morgan fingerprint density at radius 1 is 1.80 bits per heavy atom. The van der Waals surface area contributed by atoms with Gasteiger partial charge in [0.2, 0.25) is 0 Å². The van der Waals surface area contributed by atoms with Gasteiger partial charge in [0.15, 0.2) is 0 Å². The first kappa shape index (κ1) is 9.37. The van der Waals surface area contributed by atoms with E-state index in [0.29, 0.717) is 0 Å². The zero-order chi connectivity index (χ0) is 4.71.